The van der Waals surface area contributed by atoms with Crippen LogP contribution in [-0.4, -0.2) is 41.2 Å². The van der Waals surface area contributed by atoms with Crippen LogP contribution in [0.4, 0.5) is 0 Å². The Hall–Kier alpha value is -3.96. The standard InChI is InChI=1S/C47H70N4O4/c1-15-46(11,12)38-21-17-16-20-36(38)41-50-22-23-51(41)40-32(4)25-34(26-33(40)5)19-18-24-55-43(53)47(13,39(49)27-37(31(2)3)42(52)54-14)30-45(9,10)28-35(29-48)44(6,7)8/h16-17,20-23,25-26,31,35,37,39H,15,18-19,24,27-28,30,49H2,1-14H3. The molecule has 0 radical (unpaired) electrons. The summed E-state index contributed by atoms with van der Waals surface area (Å²) in [7, 11) is 1.38. The number of ether oxygens (including phenoxy) is 2. The van der Waals surface area contributed by atoms with Gasteiger partial charge in [0.15, 0.2) is 0 Å². The number of carbonyl (C=O) groups excluding carboxylic acids is 2. The highest BCUT2D eigenvalue weighted by Crippen LogP contribution is 2.45. The number of hydrogen-bond donors (Lipinski definition) is 1. The van der Waals surface area contributed by atoms with E-state index in [0.717, 1.165) is 41.0 Å². The van der Waals surface area contributed by atoms with E-state index in [4.69, 9.17) is 20.2 Å². The van der Waals surface area contributed by atoms with Crippen LogP contribution in [0.3, 0.4) is 0 Å². The van der Waals surface area contributed by atoms with Crippen LogP contribution in [0.15, 0.2) is 48.8 Å². The van der Waals surface area contributed by atoms with Crippen molar-refractivity contribution in [1.29, 1.82) is 5.26 Å². The second kappa shape index (κ2) is 18.3. The molecule has 2 N–H and O–H groups in total. The quantitative estimate of drug-likeness (QED) is 0.101. The largest absolute Gasteiger partial charge is 0.469 e. The van der Waals surface area contributed by atoms with Crippen molar-refractivity contribution in [3.8, 4) is 23.1 Å². The predicted molar refractivity (Wildman–Crippen MR) is 224 cm³/mol. The van der Waals surface area contributed by atoms with Crippen molar-refractivity contribution in [2.24, 2.45) is 39.7 Å². The molecule has 0 spiro atoms. The van der Waals surface area contributed by atoms with Crippen molar-refractivity contribution in [3.63, 3.8) is 0 Å². The van der Waals surface area contributed by atoms with Crippen LogP contribution in [-0.2, 0) is 30.9 Å². The number of rotatable bonds is 18. The minimum Gasteiger partial charge on any atom is -0.469 e. The highest BCUT2D eigenvalue weighted by Gasteiger charge is 2.47. The first-order valence-electron chi connectivity index (χ1n) is 20.2. The Kier molecular flexibility index (Phi) is 15.1. The third-order valence-corrected chi connectivity index (χ3v) is 12.0. The van der Waals surface area contributed by atoms with Gasteiger partial charge in [0.2, 0.25) is 0 Å². The summed E-state index contributed by atoms with van der Waals surface area (Å²) >= 11 is 0. The topological polar surface area (TPSA) is 120 Å². The molecule has 0 aliphatic carbocycles. The first-order valence-corrected chi connectivity index (χ1v) is 20.2. The molecule has 302 valence electrons. The van der Waals surface area contributed by atoms with Gasteiger partial charge in [-0.1, -0.05) is 106 Å². The molecule has 0 fully saturated rings. The van der Waals surface area contributed by atoms with Crippen LogP contribution in [0.5, 0.6) is 0 Å². The lowest BCUT2D eigenvalue weighted by molar-refractivity contribution is -0.160. The van der Waals surface area contributed by atoms with Crippen molar-refractivity contribution >= 4 is 11.9 Å². The molecular formula is C47H70N4O4. The second-order valence-electron chi connectivity index (χ2n) is 18.9. The molecule has 3 aromatic rings. The summed E-state index contributed by atoms with van der Waals surface area (Å²) in [5.74, 6) is -0.448. The molecule has 0 aliphatic rings. The zero-order chi connectivity index (χ0) is 41.5. The van der Waals surface area contributed by atoms with Gasteiger partial charge in [-0.05, 0) is 104 Å². The van der Waals surface area contributed by atoms with Gasteiger partial charge in [-0.2, -0.15) is 5.26 Å². The Labute approximate surface area is 332 Å². The van der Waals surface area contributed by atoms with Crippen molar-refractivity contribution in [2.75, 3.05) is 13.7 Å². The summed E-state index contributed by atoms with van der Waals surface area (Å²) in [6.07, 6.45) is 7.62. The van der Waals surface area contributed by atoms with Crippen molar-refractivity contribution in [2.45, 2.75) is 140 Å². The van der Waals surface area contributed by atoms with E-state index in [2.05, 4.69) is 116 Å². The fourth-order valence-corrected chi connectivity index (χ4v) is 8.16. The summed E-state index contributed by atoms with van der Waals surface area (Å²) in [5, 5.41) is 10.0. The van der Waals surface area contributed by atoms with Crippen molar-refractivity contribution in [3.05, 3.63) is 71.0 Å². The molecule has 1 heterocycles. The fourth-order valence-electron chi connectivity index (χ4n) is 8.16. The summed E-state index contributed by atoms with van der Waals surface area (Å²) in [5.41, 5.74) is 12.2. The molecule has 0 aliphatic heterocycles. The van der Waals surface area contributed by atoms with E-state index in [9.17, 15) is 14.9 Å². The van der Waals surface area contributed by atoms with E-state index in [-0.39, 0.29) is 41.2 Å². The Morgan fingerprint density at radius 3 is 2.16 bits per heavy atom. The van der Waals surface area contributed by atoms with E-state index in [1.165, 1.54) is 18.2 Å². The number of methoxy groups -OCH3 is 1. The SMILES string of the molecule is CCC(C)(C)c1ccccc1-c1nccn1-c1c(C)cc(CCCOC(=O)C(C)(CC(C)(C)CC(C#N)C(C)(C)C)C(N)CC(C(=O)OC)C(C)C)cc1C. The third kappa shape index (κ3) is 11.1. The molecule has 3 rings (SSSR count). The predicted octanol–water partition coefficient (Wildman–Crippen LogP) is 10.5. The average Bonchev–Trinajstić information content (AvgIpc) is 3.58. The third-order valence-electron chi connectivity index (χ3n) is 12.0. The number of carbonyl (C=O) groups is 2. The molecule has 0 amide bonds. The number of nitrogens with two attached hydrogens (primary N) is 1. The lowest BCUT2D eigenvalue weighted by Crippen LogP contribution is -2.51. The zero-order valence-corrected chi connectivity index (χ0v) is 36.4. The molecular weight excluding hydrogens is 685 g/mol. The Balaban J connectivity index is 1.83. The van der Waals surface area contributed by atoms with Gasteiger partial charge in [0.1, 0.15) is 5.82 Å². The summed E-state index contributed by atoms with van der Waals surface area (Å²) in [6, 6.07) is 14.8. The van der Waals surface area contributed by atoms with Crippen LogP contribution in [0.1, 0.15) is 131 Å². The van der Waals surface area contributed by atoms with E-state index in [0.29, 0.717) is 25.7 Å². The molecule has 55 heavy (non-hydrogen) atoms. The van der Waals surface area contributed by atoms with E-state index >= 15 is 0 Å². The maximum absolute atomic E-state index is 14.2. The summed E-state index contributed by atoms with van der Waals surface area (Å²) < 4.78 is 13.4. The van der Waals surface area contributed by atoms with E-state index in [1.54, 1.807) is 0 Å². The van der Waals surface area contributed by atoms with Crippen LogP contribution >= 0.6 is 0 Å². The highest BCUT2D eigenvalue weighted by molar-refractivity contribution is 5.78. The molecule has 0 saturated carbocycles. The van der Waals surface area contributed by atoms with Gasteiger partial charge in [0, 0.05) is 24.0 Å². The van der Waals surface area contributed by atoms with E-state index in [1.807, 2.05) is 33.2 Å². The van der Waals surface area contributed by atoms with Crippen LogP contribution in [0.2, 0.25) is 0 Å². The van der Waals surface area contributed by atoms with Crippen molar-refractivity contribution < 1.29 is 19.1 Å². The lowest BCUT2D eigenvalue weighted by Gasteiger charge is -2.42. The monoisotopic (exact) mass is 755 g/mol. The first-order chi connectivity index (χ1) is 25.5. The number of imidazole rings is 1. The fraction of sp³-hybridized carbons (Fsp3) is 0.617. The van der Waals surface area contributed by atoms with Gasteiger partial charge in [-0.3, -0.25) is 14.2 Å². The lowest BCUT2D eigenvalue weighted by atomic mass is 9.63. The number of hydrogen-bond acceptors (Lipinski definition) is 7. The summed E-state index contributed by atoms with van der Waals surface area (Å²) in [6.45, 7) is 27.5. The second-order valence-corrected chi connectivity index (χ2v) is 18.9. The molecule has 0 saturated heterocycles. The first kappa shape index (κ1) is 45.4. The summed E-state index contributed by atoms with van der Waals surface area (Å²) in [4.78, 5) is 31.8. The van der Waals surface area contributed by atoms with Crippen molar-refractivity contribution in [1.82, 2.24) is 9.55 Å². The van der Waals surface area contributed by atoms with Gasteiger partial charge in [0.05, 0.1) is 42.7 Å². The van der Waals surface area contributed by atoms with Crippen LogP contribution in [0, 0.1) is 59.2 Å². The maximum atomic E-state index is 14.2. The normalized spacial score (nSPS) is 15.2. The molecule has 1 aromatic heterocycles. The van der Waals surface area contributed by atoms with Gasteiger partial charge in [-0.15, -0.1) is 0 Å². The molecule has 4 atom stereocenters. The molecule has 8 heteroatoms. The maximum Gasteiger partial charge on any atom is 0.313 e. The number of aromatic nitrogens is 2. The smallest absolute Gasteiger partial charge is 0.313 e. The van der Waals surface area contributed by atoms with Gasteiger partial charge in [-0.25, -0.2) is 4.98 Å². The minimum absolute atomic E-state index is 0.00968. The van der Waals surface area contributed by atoms with Gasteiger partial charge >= 0.3 is 11.9 Å². The molecule has 2 aromatic carbocycles. The van der Waals surface area contributed by atoms with E-state index < -0.39 is 22.8 Å². The Morgan fingerprint density at radius 1 is 1.00 bits per heavy atom. The highest BCUT2D eigenvalue weighted by atomic mass is 16.5. The minimum atomic E-state index is -1.09. The zero-order valence-electron chi connectivity index (χ0n) is 36.4. The number of esters is 2. The Bertz CT molecular complexity index is 1780. The average molecular weight is 755 g/mol. The van der Waals surface area contributed by atoms with Gasteiger partial charge < -0.3 is 15.2 Å². The molecule has 0 bridgehead atoms. The van der Waals surface area contributed by atoms with Crippen LogP contribution < -0.4 is 5.73 Å². The Morgan fingerprint density at radius 2 is 1.62 bits per heavy atom. The van der Waals surface area contributed by atoms with Gasteiger partial charge in [0.25, 0.3) is 0 Å². The number of nitriles is 1. The number of benzene rings is 2. The molecule has 4 unspecified atom stereocenters. The molecule has 8 nitrogen and oxygen atoms in total. The van der Waals surface area contributed by atoms with Crippen LogP contribution in [0.25, 0.3) is 17.1 Å². The number of nitrogens with zero attached hydrogens (tertiary/aromatic N) is 3. The number of aryl methyl sites for hydroxylation is 3.